The van der Waals surface area contributed by atoms with Gasteiger partial charge in [-0.3, -0.25) is 4.90 Å². The van der Waals surface area contributed by atoms with E-state index in [-0.39, 0.29) is 0 Å². The van der Waals surface area contributed by atoms with Crippen LogP contribution in [-0.4, -0.2) is 49.1 Å². The summed E-state index contributed by atoms with van der Waals surface area (Å²) in [5.74, 6) is 2.29. The Morgan fingerprint density at radius 1 is 0.574 bits per heavy atom. The molecule has 2 nitrogen and oxygen atoms in total. The highest BCUT2D eigenvalue weighted by Crippen LogP contribution is 2.44. The number of hydrogen-bond donors (Lipinski definition) is 0. The fourth-order valence-electron chi connectivity index (χ4n) is 10.9. The lowest BCUT2D eigenvalue weighted by Gasteiger charge is -2.44. The Kier molecular flexibility index (Phi) is 15.3. The molecule has 1 spiro atoms. The average Bonchev–Trinajstić information content (AvgIpc) is 3.24. The van der Waals surface area contributed by atoms with Crippen LogP contribution in [0.25, 0.3) is 6.08 Å². The van der Waals surface area contributed by atoms with Gasteiger partial charge in [0.05, 0.1) is 0 Å². The summed E-state index contributed by atoms with van der Waals surface area (Å²) in [4.78, 5) is 5.31. The van der Waals surface area contributed by atoms with E-state index in [2.05, 4.69) is 94.7 Å². The van der Waals surface area contributed by atoms with Crippen molar-refractivity contribution in [3.8, 4) is 0 Å². The molecular formula is C51H71ClN2. The van der Waals surface area contributed by atoms with Crippen LogP contribution in [0.4, 0.5) is 0 Å². The Balaban J connectivity index is 0.000000167. The Bertz CT molecular complexity index is 1530. The van der Waals surface area contributed by atoms with E-state index in [0.717, 1.165) is 23.4 Å². The van der Waals surface area contributed by atoms with Gasteiger partial charge in [0.15, 0.2) is 0 Å². The SMILES string of the molecule is Clc1cc(C=CCN2CCC3(CCCCC3)CC2)ccc1C1CCCCC1.c1ccc(C2CCN(CCCc3ccc(C4CCCCC4)cc3)CC2)cc1. The molecule has 3 saturated carbocycles. The molecular weight excluding hydrogens is 676 g/mol. The first-order valence-electron chi connectivity index (χ1n) is 22.7. The van der Waals surface area contributed by atoms with Crippen LogP contribution in [-0.2, 0) is 6.42 Å². The molecule has 5 fully saturated rings. The minimum Gasteiger partial charge on any atom is -0.303 e. The number of halogens is 1. The molecule has 3 aromatic rings. The second-order valence-corrected chi connectivity index (χ2v) is 18.5. The van der Waals surface area contributed by atoms with Gasteiger partial charge in [-0.05, 0) is 167 Å². The van der Waals surface area contributed by atoms with Crippen LogP contribution in [0.15, 0.2) is 78.9 Å². The van der Waals surface area contributed by atoms with Gasteiger partial charge >= 0.3 is 0 Å². The second kappa shape index (κ2) is 20.7. The van der Waals surface area contributed by atoms with Gasteiger partial charge in [-0.25, -0.2) is 0 Å². The molecule has 0 radical (unpaired) electrons. The molecule has 2 saturated heterocycles. The van der Waals surface area contributed by atoms with Gasteiger partial charge in [0.1, 0.15) is 0 Å². The summed E-state index contributed by atoms with van der Waals surface area (Å²) in [6.07, 6.45) is 33.8. The van der Waals surface area contributed by atoms with Crippen molar-refractivity contribution in [2.75, 3.05) is 39.3 Å². The molecule has 2 aliphatic heterocycles. The van der Waals surface area contributed by atoms with Crippen LogP contribution >= 0.6 is 11.6 Å². The Labute approximate surface area is 335 Å². The van der Waals surface area contributed by atoms with Gasteiger partial charge in [0.25, 0.3) is 0 Å². The Morgan fingerprint density at radius 3 is 1.85 bits per heavy atom. The van der Waals surface area contributed by atoms with E-state index in [1.807, 2.05) is 0 Å². The molecule has 0 amide bonds. The smallest absolute Gasteiger partial charge is 0.0446 e. The van der Waals surface area contributed by atoms with Crippen molar-refractivity contribution >= 4 is 17.7 Å². The maximum Gasteiger partial charge on any atom is 0.0446 e. The van der Waals surface area contributed by atoms with Crippen LogP contribution in [0, 0.1) is 5.41 Å². The van der Waals surface area contributed by atoms with Crippen molar-refractivity contribution in [3.05, 3.63) is 112 Å². The fourth-order valence-corrected chi connectivity index (χ4v) is 11.2. The molecule has 2 heterocycles. The number of likely N-dealkylation sites (tertiary alicyclic amines) is 2. The van der Waals surface area contributed by atoms with Crippen LogP contribution < -0.4 is 0 Å². The molecule has 0 N–H and O–H groups in total. The predicted octanol–water partition coefficient (Wildman–Crippen LogP) is 14.0. The number of nitrogens with zero attached hydrogens (tertiary/aromatic N) is 2. The first-order valence-corrected chi connectivity index (χ1v) is 23.0. The van der Waals surface area contributed by atoms with Crippen LogP contribution in [0.5, 0.6) is 0 Å². The quantitative estimate of drug-likeness (QED) is 0.204. The predicted molar refractivity (Wildman–Crippen MR) is 233 cm³/mol. The van der Waals surface area contributed by atoms with Gasteiger partial charge in [-0.15, -0.1) is 0 Å². The van der Waals surface area contributed by atoms with E-state index in [4.69, 9.17) is 11.6 Å². The molecule has 0 unspecified atom stereocenters. The van der Waals surface area contributed by atoms with Gasteiger partial charge in [0, 0.05) is 11.6 Å². The summed E-state index contributed by atoms with van der Waals surface area (Å²) in [7, 11) is 0. The lowest BCUT2D eigenvalue weighted by Crippen LogP contribution is -2.41. The average molecular weight is 748 g/mol. The summed E-state index contributed by atoms with van der Waals surface area (Å²) in [6, 6.07) is 27.4. The lowest BCUT2D eigenvalue weighted by molar-refractivity contribution is 0.0738. The number of rotatable bonds is 10. The van der Waals surface area contributed by atoms with E-state index < -0.39 is 0 Å². The minimum atomic E-state index is 0.685. The van der Waals surface area contributed by atoms with E-state index in [0.29, 0.717) is 11.3 Å². The van der Waals surface area contributed by atoms with Crippen LogP contribution in [0.2, 0.25) is 5.02 Å². The molecule has 0 atom stereocenters. The highest BCUT2D eigenvalue weighted by atomic mass is 35.5. The number of piperidine rings is 2. The van der Waals surface area contributed by atoms with Crippen LogP contribution in [0.1, 0.15) is 174 Å². The molecule has 0 bridgehead atoms. The largest absolute Gasteiger partial charge is 0.303 e. The zero-order valence-corrected chi connectivity index (χ0v) is 34.4. The molecule has 8 rings (SSSR count). The Hall–Kier alpha value is -2.39. The fraction of sp³-hybridized carbons (Fsp3) is 0.608. The Morgan fingerprint density at radius 2 is 1.19 bits per heavy atom. The zero-order valence-electron chi connectivity index (χ0n) is 33.7. The van der Waals surface area contributed by atoms with E-state index >= 15 is 0 Å². The van der Waals surface area contributed by atoms with Crippen molar-refractivity contribution < 1.29 is 0 Å². The summed E-state index contributed by atoms with van der Waals surface area (Å²) >= 11 is 6.63. The van der Waals surface area contributed by atoms with E-state index in [1.54, 1.807) is 5.56 Å². The summed E-state index contributed by atoms with van der Waals surface area (Å²) < 4.78 is 0. The van der Waals surface area contributed by atoms with Crippen molar-refractivity contribution in [3.63, 3.8) is 0 Å². The van der Waals surface area contributed by atoms with Gasteiger partial charge in [0.2, 0.25) is 0 Å². The third-order valence-electron chi connectivity index (χ3n) is 14.4. The van der Waals surface area contributed by atoms with E-state index in [9.17, 15) is 0 Å². The monoisotopic (exact) mass is 747 g/mol. The number of aryl methyl sites for hydroxylation is 1. The summed E-state index contributed by atoms with van der Waals surface area (Å²) in [5.41, 5.74) is 7.98. The zero-order chi connectivity index (χ0) is 36.8. The third-order valence-corrected chi connectivity index (χ3v) is 14.8. The van der Waals surface area contributed by atoms with E-state index in [1.165, 1.54) is 190 Å². The molecule has 3 aliphatic carbocycles. The van der Waals surface area contributed by atoms with Crippen molar-refractivity contribution in [2.45, 2.75) is 153 Å². The molecule has 54 heavy (non-hydrogen) atoms. The molecule has 292 valence electrons. The standard InChI is InChI=1S/C26H35N.C25H36ClN/c1-3-9-23(10-4-1)25-15-13-22(14-16-25)8-7-19-27-20-17-26(18-21-27)24-11-5-2-6-12-24;26-24-20-21(11-12-23(24)22-9-3-1-4-10-22)8-7-17-27-18-15-25(16-19-27)13-5-2-6-14-25/h2,5-6,11-16,23,26H,1,3-4,7-10,17-21H2;7-8,11-12,20,22H,1-6,9-10,13-19H2. The highest BCUT2D eigenvalue weighted by Gasteiger charge is 2.35. The van der Waals surface area contributed by atoms with Gasteiger partial charge < -0.3 is 4.90 Å². The topological polar surface area (TPSA) is 6.48 Å². The molecule has 0 aromatic heterocycles. The van der Waals surface area contributed by atoms with Crippen molar-refractivity contribution in [1.29, 1.82) is 0 Å². The first kappa shape index (κ1) is 39.8. The maximum absolute atomic E-state index is 6.63. The minimum absolute atomic E-state index is 0.685. The van der Waals surface area contributed by atoms with Gasteiger partial charge in [-0.2, -0.15) is 0 Å². The number of hydrogen-bond acceptors (Lipinski definition) is 2. The maximum atomic E-state index is 6.63. The van der Waals surface area contributed by atoms with Gasteiger partial charge in [-0.1, -0.05) is 148 Å². The molecule has 5 aliphatic rings. The highest BCUT2D eigenvalue weighted by molar-refractivity contribution is 6.31. The molecule has 3 heteroatoms. The number of benzene rings is 3. The second-order valence-electron chi connectivity index (χ2n) is 18.1. The molecule has 3 aromatic carbocycles. The normalized spacial score (nSPS) is 22.3. The van der Waals surface area contributed by atoms with Crippen molar-refractivity contribution in [2.24, 2.45) is 5.41 Å². The first-order chi connectivity index (χ1) is 26.6. The third kappa shape index (κ3) is 11.6. The van der Waals surface area contributed by atoms with Crippen molar-refractivity contribution in [1.82, 2.24) is 9.80 Å². The van der Waals surface area contributed by atoms with Crippen LogP contribution in [0.3, 0.4) is 0 Å². The summed E-state index contributed by atoms with van der Waals surface area (Å²) in [6.45, 7) is 7.43. The lowest BCUT2D eigenvalue weighted by atomic mass is 9.68. The summed E-state index contributed by atoms with van der Waals surface area (Å²) in [5, 5.41) is 0.973.